The average molecular weight is 400 g/mol. The third-order valence-electron chi connectivity index (χ3n) is 5.00. The minimum absolute atomic E-state index is 0.0842. The summed E-state index contributed by atoms with van der Waals surface area (Å²) in [5.41, 5.74) is 0.696. The van der Waals surface area contributed by atoms with Gasteiger partial charge in [-0.1, -0.05) is 25.3 Å². The van der Waals surface area contributed by atoms with Gasteiger partial charge in [-0.05, 0) is 43.5 Å². The van der Waals surface area contributed by atoms with Gasteiger partial charge in [-0.15, -0.1) is 0 Å². The summed E-state index contributed by atoms with van der Waals surface area (Å²) in [5, 5.41) is 8.60. The fraction of sp³-hybridized carbons (Fsp3) is 0.500. The quantitative estimate of drug-likeness (QED) is 0.491. The second-order valence-corrected chi connectivity index (χ2v) is 7.01. The highest BCUT2D eigenvalue weighted by Gasteiger charge is 2.27. The first-order valence-electron chi connectivity index (χ1n) is 9.79. The lowest BCUT2D eigenvalue weighted by Crippen LogP contribution is -2.44. The highest BCUT2D eigenvalue weighted by molar-refractivity contribution is 5.90. The molecule has 0 aliphatic heterocycles. The van der Waals surface area contributed by atoms with Gasteiger partial charge >= 0.3 is 5.97 Å². The molecule has 0 N–H and O–H groups in total. The molecule has 0 bridgehead atoms. The van der Waals surface area contributed by atoms with Crippen LogP contribution in [0.15, 0.2) is 24.3 Å². The van der Waals surface area contributed by atoms with Crippen molar-refractivity contribution in [2.75, 3.05) is 20.8 Å². The first-order valence-corrected chi connectivity index (χ1v) is 9.79. The molecule has 156 valence electrons. The molecular formula is C22H28N2O5. The number of likely N-dealkylation sites (N-methyl/N-ethyl adjacent to an activating group) is 1. The third kappa shape index (κ3) is 6.53. The van der Waals surface area contributed by atoms with E-state index in [2.05, 4.69) is 0 Å². The Bertz CT molecular complexity index is 778. The highest BCUT2D eigenvalue weighted by atomic mass is 16.5. The number of hydrogen-bond acceptors (Lipinski definition) is 6. The van der Waals surface area contributed by atoms with Crippen molar-refractivity contribution in [1.82, 2.24) is 4.90 Å². The maximum atomic E-state index is 12.5. The smallest absolute Gasteiger partial charge is 0.331 e. The maximum Gasteiger partial charge on any atom is 0.331 e. The SMILES string of the molecule is COc1cc(/C=C/C(=O)O[C@H](C)C(=O)N(C)C2CCCCC2)ccc1OCC#N. The van der Waals surface area contributed by atoms with E-state index in [1.165, 1.54) is 19.6 Å². The predicted octanol–water partition coefficient (Wildman–Crippen LogP) is 3.33. The molecule has 1 aliphatic rings. The summed E-state index contributed by atoms with van der Waals surface area (Å²) >= 11 is 0. The largest absolute Gasteiger partial charge is 0.493 e. The van der Waals surface area contributed by atoms with Crippen molar-refractivity contribution in [1.29, 1.82) is 5.26 Å². The summed E-state index contributed by atoms with van der Waals surface area (Å²) in [7, 11) is 3.27. The summed E-state index contributed by atoms with van der Waals surface area (Å²) in [4.78, 5) is 26.4. The lowest BCUT2D eigenvalue weighted by molar-refractivity contribution is -0.156. The Morgan fingerprint density at radius 3 is 2.66 bits per heavy atom. The normalized spacial score (nSPS) is 15.4. The van der Waals surface area contributed by atoms with E-state index in [0.717, 1.165) is 25.7 Å². The van der Waals surface area contributed by atoms with E-state index < -0.39 is 12.1 Å². The average Bonchev–Trinajstić information content (AvgIpc) is 2.75. The Morgan fingerprint density at radius 2 is 2.00 bits per heavy atom. The molecule has 1 aliphatic carbocycles. The molecule has 1 atom stereocenters. The molecule has 0 radical (unpaired) electrons. The first kappa shape index (κ1) is 22.3. The monoisotopic (exact) mass is 400 g/mol. The van der Waals surface area contributed by atoms with E-state index in [9.17, 15) is 9.59 Å². The number of benzene rings is 1. The summed E-state index contributed by atoms with van der Waals surface area (Å²) in [6, 6.07) is 7.19. The van der Waals surface area contributed by atoms with Crippen LogP contribution < -0.4 is 9.47 Å². The van der Waals surface area contributed by atoms with Gasteiger partial charge in [-0.3, -0.25) is 4.79 Å². The van der Waals surface area contributed by atoms with Gasteiger partial charge in [0.1, 0.15) is 6.07 Å². The molecule has 0 unspecified atom stereocenters. The van der Waals surface area contributed by atoms with E-state index in [4.69, 9.17) is 19.5 Å². The van der Waals surface area contributed by atoms with Crippen molar-refractivity contribution in [2.24, 2.45) is 0 Å². The Balaban J connectivity index is 1.92. The van der Waals surface area contributed by atoms with E-state index in [1.807, 2.05) is 6.07 Å². The second kappa shape index (κ2) is 11.1. The van der Waals surface area contributed by atoms with E-state index in [1.54, 1.807) is 43.1 Å². The van der Waals surface area contributed by atoms with Crippen LogP contribution in [0.3, 0.4) is 0 Å². The van der Waals surface area contributed by atoms with Crippen molar-refractivity contribution >= 4 is 18.0 Å². The Labute approximate surface area is 171 Å². The standard InChI is InChI=1S/C22H28N2O5/c1-16(22(26)24(2)18-7-5-4-6-8-18)29-21(25)12-10-17-9-11-19(28-14-13-23)20(15-17)27-3/h9-12,15-16,18H,4-8,14H2,1-3H3/b12-10+/t16-/m1/s1. The molecule has 7 nitrogen and oxygen atoms in total. The van der Waals surface area contributed by atoms with E-state index in [-0.39, 0.29) is 18.6 Å². The van der Waals surface area contributed by atoms with Crippen molar-refractivity contribution in [3.8, 4) is 17.6 Å². The van der Waals surface area contributed by atoms with Crippen LogP contribution in [0.4, 0.5) is 0 Å². The number of carbonyl (C=O) groups is 2. The molecule has 2 rings (SSSR count). The van der Waals surface area contributed by atoms with Crippen LogP contribution in [0.25, 0.3) is 6.08 Å². The number of methoxy groups -OCH3 is 1. The van der Waals surface area contributed by atoms with Crippen LogP contribution >= 0.6 is 0 Å². The number of hydrogen-bond donors (Lipinski definition) is 0. The van der Waals surface area contributed by atoms with Gasteiger partial charge in [-0.25, -0.2) is 4.79 Å². The molecule has 29 heavy (non-hydrogen) atoms. The number of rotatable bonds is 8. The predicted molar refractivity (Wildman–Crippen MR) is 108 cm³/mol. The fourth-order valence-corrected chi connectivity index (χ4v) is 3.38. The molecule has 7 heteroatoms. The summed E-state index contributed by atoms with van der Waals surface area (Å²) in [6.45, 7) is 1.51. The molecular weight excluding hydrogens is 372 g/mol. The number of esters is 1. The van der Waals surface area contributed by atoms with Gasteiger partial charge in [-0.2, -0.15) is 5.26 Å². The van der Waals surface area contributed by atoms with Crippen LogP contribution in [0.5, 0.6) is 11.5 Å². The topological polar surface area (TPSA) is 88.9 Å². The molecule has 1 amide bonds. The first-order chi connectivity index (χ1) is 14.0. The zero-order valence-electron chi connectivity index (χ0n) is 17.2. The third-order valence-corrected chi connectivity index (χ3v) is 5.00. The van der Waals surface area contributed by atoms with E-state index >= 15 is 0 Å². The zero-order valence-corrected chi connectivity index (χ0v) is 17.2. The van der Waals surface area contributed by atoms with Crippen molar-refractivity contribution in [3.05, 3.63) is 29.8 Å². The Morgan fingerprint density at radius 1 is 1.28 bits per heavy atom. The minimum atomic E-state index is -0.838. The van der Waals surface area contributed by atoms with Gasteiger partial charge in [0.15, 0.2) is 24.2 Å². The number of nitrogens with zero attached hydrogens (tertiary/aromatic N) is 2. The summed E-state index contributed by atoms with van der Waals surface area (Å²) in [6.07, 6.45) is 7.47. The van der Waals surface area contributed by atoms with Crippen LogP contribution in [0, 0.1) is 11.3 Å². The number of amides is 1. The minimum Gasteiger partial charge on any atom is -0.493 e. The number of ether oxygens (including phenoxy) is 3. The molecule has 1 aromatic rings. The van der Waals surface area contributed by atoms with Crippen molar-refractivity contribution in [2.45, 2.75) is 51.2 Å². The lowest BCUT2D eigenvalue weighted by Gasteiger charge is -2.32. The molecule has 1 aromatic carbocycles. The summed E-state index contributed by atoms with van der Waals surface area (Å²) < 4.78 is 15.8. The Kier molecular flexibility index (Phi) is 8.53. The van der Waals surface area contributed by atoms with Crippen LogP contribution in [0.1, 0.15) is 44.6 Å². The highest BCUT2D eigenvalue weighted by Crippen LogP contribution is 2.28. The molecule has 1 saturated carbocycles. The van der Waals surface area contributed by atoms with Crippen LogP contribution in [-0.4, -0.2) is 49.7 Å². The van der Waals surface area contributed by atoms with Crippen LogP contribution in [0.2, 0.25) is 0 Å². The fourth-order valence-electron chi connectivity index (χ4n) is 3.38. The molecule has 0 heterocycles. The zero-order chi connectivity index (χ0) is 21.2. The molecule has 0 aromatic heterocycles. The lowest BCUT2D eigenvalue weighted by atomic mass is 9.94. The van der Waals surface area contributed by atoms with E-state index in [0.29, 0.717) is 17.1 Å². The van der Waals surface area contributed by atoms with Gasteiger partial charge in [0.25, 0.3) is 5.91 Å². The van der Waals surface area contributed by atoms with Gasteiger partial charge in [0, 0.05) is 19.2 Å². The van der Waals surface area contributed by atoms with Gasteiger partial charge in [0.05, 0.1) is 7.11 Å². The van der Waals surface area contributed by atoms with Gasteiger partial charge in [0.2, 0.25) is 0 Å². The van der Waals surface area contributed by atoms with Crippen molar-refractivity contribution < 1.29 is 23.8 Å². The van der Waals surface area contributed by atoms with Crippen LogP contribution in [-0.2, 0) is 14.3 Å². The summed E-state index contributed by atoms with van der Waals surface area (Å²) in [5.74, 6) is 0.123. The second-order valence-electron chi connectivity index (χ2n) is 7.01. The Hall–Kier alpha value is -3.01. The molecule has 0 saturated heterocycles. The van der Waals surface area contributed by atoms with Crippen molar-refractivity contribution in [3.63, 3.8) is 0 Å². The molecule has 1 fully saturated rings. The maximum absolute atomic E-state index is 12.5. The van der Waals surface area contributed by atoms with Gasteiger partial charge < -0.3 is 19.1 Å². The number of nitriles is 1. The molecule has 0 spiro atoms. The number of carbonyl (C=O) groups excluding carboxylic acids is 2.